The first-order chi connectivity index (χ1) is 1.91. The average molecular weight is 164 g/mol. The first-order valence-corrected chi connectivity index (χ1v) is 2.37. The summed E-state index contributed by atoms with van der Waals surface area (Å²) in [6, 6.07) is 0. The Kier molecular flexibility index (Phi) is 4.47. The summed E-state index contributed by atoms with van der Waals surface area (Å²) in [5, 5.41) is 0. The van der Waals surface area contributed by atoms with E-state index in [9.17, 15) is 0 Å². The van der Waals surface area contributed by atoms with Crippen LogP contribution in [0.1, 0.15) is 6.92 Å². The SMILES string of the molecule is CC[O][Sn]. The van der Waals surface area contributed by atoms with E-state index in [1.54, 1.807) is 0 Å². The third-order valence-electron chi connectivity index (χ3n) is 0.144. The zero-order valence-corrected chi connectivity index (χ0v) is 5.47. The van der Waals surface area contributed by atoms with Gasteiger partial charge in [0.1, 0.15) is 0 Å². The van der Waals surface area contributed by atoms with Crippen LogP contribution >= 0.6 is 0 Å². The molecule has 0 spiro atoms. The second-order valence-corrected chi connectivity index (χ2v) is 1.26. The van der Waals surface area contributed by atoms with E-state index >= 15 is 0 Å². The Hall–Kier alpha value is 0.759. The fourth-order valence-electron chi connectivity index (χ4n) is 0. The van der Waals surface area contributed by atoms with E-state index in [1.165, 1.54) is 22.9 Å². The third-order valence-corrected chi connectivity index (χ3v) is 0.968. The van der Waals surface area contributed by atoms with Gasteiger partial charge in [0, 0.05) is 0 Å². The summed E-state index contributed by atoms with van der Waals surface area (Å²) < 4.78 is 4.63. The molecule has 0 aliphatic carbocycles. The predicted octanol–water partition coefficient (Wildman–Crippen LogP) is 0.106. The molecule has 0 bridgehead atoms. The van der Waals surface area contributed by atoms with Crippen LogP contribution in [0.2, 0.25) is 0 Å². The Morgan fingerprint density at radius 3 is 2.25 bits per heavy atom. The third kappa shape index (κ3) is 2.76. The van der Waals surface area contributed by atoms with E-state index in [2.05, 4.69) is 3.07 Å². The van der Waals surface area contributed by atoms with Gasteiger partial charge in [-0.05, 0) is 0 Å². The number of rotatable bonds is 1. The van der Waals surface area contributed by atoms with E-state index in [-0.39, 0.29) is 0 Å². The maximum atomic E-state index is 4.63. The molecule has 0 aliphatic rings. The van der Waals surface area contributed by atoms with Gasteiger partial charge in [0.05, 0.1) is 0 Å². The van der Waals surface area contributed by atoms with E-state index in [0.29, 0.717) is 0 Å². The van der Waals surface area contributed by atoms with E-state index in [0.717, 1.165) is 6.61 Å². The van der Waals surface area contributed by atoms with E-state index in [4.69, 9.17) is 0 Å². The van der Waals surface area contributed by atoms with Gasteiger partial charge in [-0.3, -0.25) is 0 Å². The van der Waals surface area contributed by atoms with Crippen molar-refractivity contribution in [3.8, 4) is 0 Å². The molecule has 0 aromatic rings. The van der Waals surface area contributed by atoms with Gasteiger partial charge < -0.3 is 0 Å². The Morgan fingerprint density at radius 1 is 2.00 bits per heavy atom. The van der Waals surface area contributed by atoms with Gasteiger partial charge in [0.15, 0.2) is 0 Å². The molecule has 0 aromatic carbocycles. The van der Waals surface area contributed by atoms with Crippen LogP contribution in [-0.4, -0.2) is 29.5 Å². The van der Waals surface area contributed by atoms with Crippen molar-refractivity contribution < 1.29 is 3.07 Å². The summed E-state index contributed by atoms with van der Waals surface area (Å²) in [4.78, 5) is 0. The molecule has 0 fully saturated rings. The van der Waals surface area contributed by atoms with E-state index < -0.39 is 0 Å². The standard InChI is InChI=1S/C2H5O.Sn/c1-2-3;/h2H2,1H3;/q-1;+1. The summed E-state index contributed by atoms with van der Waals surface area (Å²) >= 11 is 1.17. The van der Waals surface area contributed by atoms with Crippen LogP contribution in [0.5, 0.6) is 0 Å². The van der Waals surface area contributed by atoms with Crippen molar-refractivity contribution in [3.05, 3.63) is 0 Å². The Bertz CT molecular complexity index is 8.00. The van der Waals surface area contributed by atoms with Gasteiger partial charge in [-0.2, -0.15) is 0 Å². The second-order valence-electron chi connectivity index (χ2n) is 0.433. The molecule has 0 saturated heterocycles. The van der Waals surface area contributed by atoms with Gasteiger partial charge in [-0.1, -0.05) is 0 Å². The molecular weight excluding hydrogens is 159 g/mol. The molecule has 0 N–H and O–H groups in total. The molecule has 0 heterocycles. The topological polar surface area (TPSA) is 9.23 Å². The molecule has 4 heavy (non-hydrogen) atoms. The van der Waals surface area contributed by atoms with Gasteiger partial charge in [0.25, 0.3) is 0 Å². The fourth-order valence-corrected chi connectivity index (χ4v) is 0. The van der Waals surface area contributed by atoms with Crippen LogP contribution in [0, 0.1) is 0 Å². The molecule has 0 aromatic heterocycles. The first-order valence-electron chi connectivity index (χ1n) is 1.20. The second kappa shape index (κ2) is 3.76. The first kappa shape index (κ1) is 4.76. The normalized spacial score (nSPS) is 7.50. The molecule has 0 aliphatic heterocycles. The van der Waals surface area contributed by atoms with Crippen molar-refractivity contribution >= 4 is 22.9 Å². The summed E-state index contributed by atoms with van der Waals surface area (Å²) in [7, 11) is 0. The molecule has 0 rings (SSSR count). The zero-order valence-electron chi connectivity index (χ0n) is 2.62. The summed E-state index contributed by atoms with van der Waals surface area (Å²) in [5.41, 5.74) is 0. The Morgan fingerprint density at radius 2 is 2.25 bits per heavy atom. The van der Waals surface area contributed by atoms with E-state index in [1.807, 2.05) is 6.92 Å². The molecular formula is C2H5OSn. The predicted molar refractivity (Wildman–Crippen MR) is 17.4 cm³/mol. The Balaban J connectivity index is 1.97. The summed E-state index contributed by atoms with van der Waals surface area (Å²) in [5.74, 6) is 0. The van der Waals surface area contributed by atoms with Crippen LogP contribution < -0.4 is 0 Å². The molecule has 1 nitrogen and oxygen atoms in total. The molecule has 3 radical (unpaired) electrons. The quantitative estimate of drug-likeness (QED) is 0.499. The number of hydrogen-bond donors (Lipinski definition) is 0. The van der Waals surface area contributed by atoms with Crippen molar-refractivity contribution in [1.29, 1.82) is 0 Å². The monoisotopic (exact) mass is 165 g/mol. The van der Waals surface area contributed by atoms with Gasteiger partial charge >= 0.3 is 39.5 Å². The van der Waals surface area contributed by atoms with Crippen molar-refractivity contribution in [1.82, 2.24) is 0 Å². The van der Waals surface area contributed by atoms with Crippen LogP contribution in [0.15, 0.2) is 0 Å². The maximum absolute atomic E-state index is 4.63. The summed E-state index contributed by atoms with van der Waals surface area (Å²) in [6.07, 6.45) is 0. The van der Waals surface area contributed by atoms with Gasteiger partial charge in [-0.15, -0.1) is 0 Å². The van der Waals surface area contributed by atoms with Crippen molar-refractivity contribution in [2.24, 2.45) is 0 Å². The molecule has 0 amide bonds. The van der Waals surface area contributed by atoms with Crippen LogP contribution in [0.25, 0.3) is 0 Å². The summed E-state index contributed by atoms with van der Waals surface area (Å²) in [6.45, 7) is 2.84. The average Bonchev–Trinajstić information content (AvgIpc) is 1.37. The fraction of sp³-hybridized carbons (Fsp3) is 1.00. The minimum absolute atomic E-state index is 0.859. The van der Waals surface area contributed by atoms with Crippen LogP contribution in [-0.2, 0) is 3.07 Å². The Labute approximate surface area is 40.0 Å². The molecule has 0 saturated carbocycles. The van der Waals surface area contributed by atoms with Crippen LogP contribution in [0.3, 0.4) is 0 Å². The van der Waals surface area contributed by atoms with Gasteiger partial charge in [-0.25, -0.2) is 0 Å². The van der Waals surface area contributed by atoms with Gasteiger partial charge in [0.2, 0.25) is 0 Å². The van der Waals surface area contributed by atoms with Crippen molar-refractivity contribution in [2.45, 2.75) is 6.92 Å². The molecule has 0 unspecified atom stereocenters. The van der Waals surface area contributed by atoms with Crippen molar-refractivity contribution in [3.63, 3.8) is 0 Å². The van der Waals surface area contributed by atoms with Crippen LogP contribution in [0.4, 0.5) is 0 Å². The zero-order chi connectivity index (χ0) is 3.41. The molecule has 0 atom stereocenters. The number of hydrogen-bond acceptors (Lipinski definition) is 1. The molecule has 2 heteroatoms. The molecule has 23 valence electrons. The minimum atomic E-state index is 0.859. The van der Waals surface area contributed by atoms with Crippen molar-refractivity contribution in [2.75, 3.05) is 6.61 Å².